The van der Waals surface area contributed by atoms with E-state index in [0.29, 0.717) is 21.8 Å². The van der Waals surface area contributed by atoms with Crippen molar-refractivity contribution in [2.75, 3.05) is 24.3 Å². The van der Waals surface area contributed by atoms with Crippen molar-refractivity contribution >= 4 is 38.9 Å². The Hall–Kier alpha value is -2.94. The number of nitrogens with one attached hydrogen (secondary N) is 1. The topological polar surface area (TPSA) is 69.7 Å². The molecule has 3 aromatic rings. The molecule has 3 aromatic carbocycles. The van der Waals surface area contributed by atoms with Crippen molar-refractivity contribution in [2.24, 2.45) is 5.92 Å². The molecule has 6 nitrogen and oxygen atoms in total. The van der Waals surface area contributed by atoms with E-state index in [9.17, 15) is 17.6 Å². The summed E-state index contributed by atoms with van der Waals surface area (Å²) < 4.78 is 42.2. The second kappa shape index (κ2) is 11.2. The maximum Gasteiger partial charge on any atom is 0.243 e. The molecule has 0 aliphatic rings. The van der Waals surface area contributed by atoms with E-state index in [4.69, 9.17) is 11.6 Å². The average molecular weight is 518 g/mol. The molecule has 186 valence electrons. The van der Waals surface area contributed by atoms with E-state index in [-0.39, 0.29) is 29.8 Å². The first kappa shape index (κ1) is 26.7. The first-order chi connectivity index (χ1) is 16.5. The zero-order valence-corrected chi connectivity index (χ0v) is 21.7. The van der Waals surface area contributed by atoms with Gasteiger partial charge in [-0.1, -0.05) is 43.6 Å². The smallest absolute Gasteiger partial charge is 0.243 e. The number of rotatable bonds is 9. The predicted octanol–water partition coefficient (Wildman–Crippen LogP) is 5.53. The number of hydrogen-bond acceptors (Lipinski definition) is 4. The third kappa shape index (κ3) is 6.81. The Morgan fingerprint density at radius 2 is 1.69 bits per heavy atom. The maximum atomic E-state index is 13.7. The summed E-state index contributed by atoms with van der Waals surface area (Å²) in [6.07, 6.45) is 0. The summed E-state index contributed by atoms with van der Waals surface area (Å²) in [6.45, 7) is 3.63. The van der Waals surface area contributed by atoms with E-state index < -0.39 is 15.8 Å². The molecular formula is C26H29ClFN3O3S. The van der Waals surface area contributed by atoms with Crippen LogP contribution in [0.2, 0.25) is 5.02 Å². The highest BCUT2D eigenvalue weighted by Gasteiger charge is 2.27. The van der Waals surface area contributed by atoms with Crippen LogP contribution in [-0.4, -0.2) is 32.7 Å². The minimum atomic E-state index is -3.97. The van der Waals surface area contributed by atoms with E-state index in [1.807, 2.05) is 25.1 Å². The van der Waals surface area contributed by atoms with Gasteiger partial charge in [0.1, 0.15) is 5.82 Å². The minimum Gasteiger partial charge on any atom is -0.377 e. The molecule has 0 fully saturated rings. The van der Waals surface area contributed by atoms with Gasteiger partial charge in [0, 0.05) is 49.5 Å². The minimum absolute atomic E-state index is 0.0184. The highest BCUT2D eigenvalue weighted by Crippen LogP contribution is 2.29. The van der Waals surface area contributed by atoms with Gasteiger partial charge < -0.3 is 10.2 Å². The van der Waals surface area contributed by atoms with E-state index in [1.165, 1.54) is 28.6 Å². The van der Waals surface area contributed by atoms with Crippen molar-refractivity contribution in [1.29, 1.82) is 0 Å². The first-order valence-electron chi connectivity index (χ1n) is 11.1. The molecule has 9 heteroatoms. The maximum absolute atomic E-state index is 13.7. The molecule has 3 rings (SSSR count). The predicted molar refractivity (Wildman–Crippen MR) is 139 cm³/mol. The molecule has 0 saturated carbocycles. The lowest BCUT2D eigenvalue weighted by atomic mass is 10.1. The van der Waals surface area contributed by atoms with Crippen molar-refractivity contribution in [3.05, 3.63) is 88.7 Å². The molecule has 0 saturated heterocycles. The third-order valence-corrected chi connectivity index (χ3v) is 7.43. The first-order valence-corrected chi connectivity index (χ1v) is 12.9. The van der Waals surface area contributed by atoms with Crippen LogP contribution in [0.25, 0.3) is 0 Å². The van der Waals surface area contributed by atoms with Crippen molar-refractivity contribution in [1.82, 2.24) is 4.31 Å². The lowest BCUT2D eigenvalue weighted by molar-refractivity contribution is -0.118. The van der Waals surface area contributed by atoms with Crippen LogP contribution in [0.5, 0.6) is 0 Å². The Morgan fingerprint density at radius 1 is 1.00 bits per heavy atom. The van der Waals surface area contributed by atoms with Crippen LogP contribution in [0.4, 0.5) is 15.8 Å². The Bertz CT molecular complexity index is 1300. The van der Waals surface area contributed by atoms with Crippen LogP contribution in [-0.2, 0) is 27.9 Å². The van der Waals surface area contributed by atoms with E-state index in [2.05, 4.69) is 5.32 Å². The van der Waals surface area contributed by atoms with Crippen molar-refractivity contribution in [3.8, 4) is 0 Å². The monoisotopic (exact) mass is 517 g/mol. The molecule has 0 atom stereocenters. The zero-order valence-electron chi connectivity index (χ0n) is 20.1. The summed E-state index contributed by atoms with van der Waals surface area (Å²) in [4.78, 5) is 14.2. The van der Waals surface area contributed by atoms with Gasteiger partial charge in [-0.05, 0) is 59.7 Å². The number of hydrogen-bond donors (Lipinski definition) is 1. The molecule has 0 aliphatic carbocycles. The second-order valence-corrected chi connectivity index (χ2v) is 11.1. The Labute approximate surface area is 211 Å². The van der Waals surface area contributed by atoms with Gasteiger partial charge in [-0.2, -0.15) is 4.31 Å². The van der Waals surface area contributed by atoms with Crippen molar-refractivity contribution < 1.29 is 17.6 Å². The number of nitrogens with zero attached hydrogens (tertiary/aromatic N) is 2. The number of benzene rings is 3. The second-order valence-electron chi connectivity index (χ2n) is 8.74. The summed E-state index contributed by atoms with van der Waals surface area (Å²) in [7, 11) is -0.248. The van der Waals surface area contributed by atoms with Crippen LogP contribution in [0.15, 0.2) is 71.6 Å². The van der Waals surface area contributed by atoms with Crippen LogP contribution in [0, 0.1) is 11.7 Å². The quantitative estimate of drug-likeness (QED) is 0.405. The Morgan fingerprint density at radius 3 is 2.29 bits per heavy atom. The highest BCUT2D eigenvalue weighted by molar-refractivity contribution is 7.89. The molecule has 0 heterocycles. The standard InChI is InChI=1S/C26H29ClFN3O3S/c1-18(2)26(32)29-23-12-13-25(30(3)4)20(14-23)17-31(16-19-8-10-22(28)11-9-19)35(33,34)24-7-5-6-21(27)15-24/h5-15,18H,16-17H2,1-4H3,(H,29,32). The number of sulfonamides is 1. The lowest BCUT2D eigenvalue weighted by Crippen LogP contribution is -2.31. The largest absolute Gasteiger partial charge is 0.377 e. The highest BCUT2D eigenvalue weighted by atomic mass is 35.5. The molecule has 0 aromatic heterocycles. The van der Waals surface area contributed by atoms with Crippen LogP contribution < -0.4 is 10.2 Å². The van der Waals surface area contributed by atoms with Gasteiger partial charge >= 0.3 is 0 Å². The molecule has 35 heavy (non-hydrogen) atoms. The molecule has 0 spiro atoms. The lowest BCUT2D eigenvalue weighted by Gasteiger charge is -2.26. The summed E-state index contributed by atoms with van der Waals surface area (Å²) in [5, 5.41) is 3.18. The van der Waals surface area contributed by atoms with E-state index in [0.717, 1.165) is 5.69 Å². The number of carbonyl (C=O) groups is 1. The third-order valence-electron chi connectivity index (χ3n) is 5.41. The van der Waals surface area contributed by atoms with Crippen molar-refractivity contribution in [3.63, 3.8) is 0 Å². The fourth-order valence-corrected chi connectivity index (χ4v) is 5.21. The molecule has 0 unspecified atom stereocenters. The fourth-order valence-electron chi connectivity index (χ4n) is 3.50. The van der Waals surface area contributed by atoms with E-state index in [1.54, 1.807) is 50.2 Å². The summed E-state index contributed by atoms with van der Waals surface area (Å²) in [5.74, 6) is -0.741. The number of anilines is 2. The molecule has 0 aliphatic heterocycles. The van der Waals surface area contributed by atoms with Gasteiger partial charge in [0.2, 0.25) is 15.9 Å². The Balaban J connectivity index is 2.06. The van der Waals surface area contributed by atoms with Gasteiger partial charge in [0.25, 0.3) is 0 Å². The van der Waals surface area contributed by atoms with Crippen LogP contribution >= 0.6 is 11.6 Å². The summed E-state index contributed by atoms with van der Waals surface area (Å²) in [6, 6.07) is 17.2. The van der Waals surface area contributed by atoms with Crippen LogP contribution in [0.1, 0.15) is 25.0 Å². The summed E-state index contributed by atoms with van der Waals surface area (Å²) in [5.41, 5.74) is 2.71. The van der Waals surface area contributed by atoms with E-state index >= 15 is 0 Å². The molecule has 0 radical (unpaired) electrons. The van der Waals surface area contributed by atoms with Gasteiger partial charge in [0.15, 0.2) is 0 Å². The molecule has 1 N–H and O–H groups in total. The average Bonchev–Trinajstić information content (AvgIpc) is 2.80. The molecule has 1 amide bonds. The summed E-state index contributed by atoms with van der Waals surface area (Å²) >= 11 is 6.08. The van der Waals surface area contributed by atoms with Gasteiger partial charge in [-0.25, -0.2) is 12.8 Å². The number of amides is 1. The number of carbonyl (C=O) groups excluding carboxylic acids is 1. The number of halogens is 2. The SMILES string of the molecule is CC(C)C(=O)Nc1ccc(N(C)C)c(CN(Cc2ccc(F)cc2)S(=O)(=O)c2cccc(Cl)c2)c1. The Kier molecular flexibility index (Phi) is 8.53. The fraction of sp³-hybridized carbons (Fsp3) is 0.269. The van der Waals surface area contributed by atoms with Gasteiger partial charge in [0.05, 0.1) is 4.90 Å². The van der Waals surface area contributed by atoms with Gasteiger partial charge in [-0.15, -0.1) is 0 Å². The zero-order chi connectivity index (χ0) is 25.8. The molecule has 0 bridgehead atoms. The van der Waals surface area contributed by atoms with Gasteiger partial charge in [-0.3, -0.25) is 4.79 Å². The normalized spacial score (nSPS) is 11.7. The van der Waals surface area contributed by atoms with Crippen LogP contribution in [0.3, 0.4) is 0 Å². The van der Waals surface area contributed by atoms with Crippen molar-refractivity contribution in [2.45, 2.75) is 31.8 Å². The molecular weight excluding hydrogens is 489 g/mol.